The first kappa shape index (κ1) is 13.7. The second-order valence-electron chi connectivity index (χ2n) is 4.26. The molecule has 0 aliphatic rings. The molecule has 0 fully saturated rings. The Morgan fingerprint density at radius 1 is 1.47 bits per heavy atom. The van der Waals surface area contributed by atoms with Gasteiger partial charge in [-0.05, 0) is 29.9 Å². The number of amides is 1. The van der Waals surface area contributed by atoms with E-state index in [1.165, 1.54) is 10.4 Å². The maximum Gasteiger partial charge on any atom is 0.291 e. The van der Waals surface area contributed by atoms with Crippen molar-refractivity contribution in [1.29, 1.82) is 0 Å². The van der Waals surface area contributed by atoms with E-state index in [0.717, 1.165) is 25.1 Å². The highest BCUT2D eigenvalue weighted by Gasteiger charge is 2.12. The highest BCUT2D eigenvalue weighted by Crippen LogP contribution is 2.16. The molecular weight excluding hydrogens is 260 g/mol. The number of carbonyl (C=O) groups is 1. The average Bonchev–Trinajstić information content (AvgIpc) is 3.04. The molecule has 2 aromatic rings. The molecule has 5 nitrogen and oxygen atoms in total. The summed E-state index contributed by atoms with van der Waals surface area (Å²) in [5, 5.41) is 11.6. The van der Waals surface area contributed by atoms with Crippen LogP contribution in [0, 0.1) is 0 Å². The van der Waals surface area contributed by atoms with Crippen molar-refractivity contribution in [1.82, 2.24) is 20.5 Å². The average molecular weight is 278 g/mol. The molecule has 0 saturated carbocycles. The monoisotopic (exact) mass is 278 g/mol. The van der Waals surface area contributed by atoms with Crippen LogP contribution in [0.4, 0.5) is 0 Å². The third-order valence-electron chi connectivity index (χ3n) is 2.85. The fraction of sp³-hybridized carbons (Fsp3) is 0.462. The van der Waals surface area contributed by atoms with Crippen molar-refractivity contribution >= 4 is 17.2 Å². The van der Waals surface area contributed by atoms with Gasteiger partial charge in [-0.3, -0.25) is 9.89 Å². The molecule has 0 aliphatic carbocycles. The number of carbonyl (C=O) groups excluding carboxylic acids is 1. The molecule has 1 amide bonds. The molecule has 0 unspecified atom stereocenters. The van der Waals surface area contributed by atoms with Gasteiger partial charge >= 0.3 is 0 Å². The first-order valence-electron chi connectivity index (χ1n) is 6.49. The fourth-order valence-electron chi connectivity index (χ4n) is 1.82. The molecule has 0 radical (unpaired) electrons. The van der Waals surface area contributed by atoms with Crippen LogP contribution < -0.4 is 5.32 Å². The molecule has 19 heavy (non-hydrogen) atoms. The van der Waals surface area contributed by atoms with E-state index in [1.54, 1.807) is 11.3 Å². The van der Waals surface area contributed by atoms with Crippen molar-refractivity contribution in [2.45, 2.75) is 39.7 Å². The normalized spacial score (nSPS) is 10.6. The Morgan fingerprint density at radius 2 is 2.32 bits per heavy atom. The van der Waals surface area contributed by atoms with E-state index >= 15 is 0 Å². The topological polar surface area (TPSA) is 70.7 Å². The molecule has 0 bridgehead atoms. The molecule has 2 N–H and O–H groups in total. The van der Waals surface area contributed by atoms with Crippen molar-refractivity contribution in [3.63, 3.8) is 0 Å². The SMILES string of the molecule is CCCc1nc(C(=O)NCc2sccc2CC)n[nH]1. The molecule has 6 heteroatoms. The summed E-state index contributed by atoms with van der Waals surface area (Å²) >= 11 is 1.66. The number of hydrogen-bond donors (Lipinski definition) is 2. The van der Waals surface area contributed by atoms with Gasteiger partial charge in [0, 0.05) is 11.3 Å². The minimum atomic E-state index is -0.228. The molecule has 0 aromatic carbocycles. The van der Waals surface area contributed by atoms with Crippen LogP contribution in [0.2, 0.25) is 0 Å². The van der Waals surface area contributed by atoms with E-state index in [-0.39, 0.29) is 11.7 Å². The number of H-pyrrole nitrogens is 1. The first-order valence-corrected chi connectivity index (χ1v) is 7.37. The predicted molar refractivity (Wildman–Crippen MR) is 75.2 cm³/mol. The first-order chi connectivity index (χ1) is 9.24. The van der Waals surface area contributed by atoms with Crippen molar-refractivity contribution in [2.75, 3.05) is 0 Å². The van der Waals surface area contributed by atoms with Crippen LogP contribution in [-0.2, 0) is 19.4 Å². The standard InChI is InChI=1S/C13H18N4OS/c1-3-5-11-15-12(17-16-11)13(18)14-8-10-9(4-2)6-7-19-10/h6-7H,3-5,8H2,1-2H3,(H,14,18)(H,15,16,17). The van der Waals surface area contributed by atoms with E-state index in [2.05, 4.69) is 40.4 Å². The zero-order chi connectivity index (χ0) is 13.7. The summed E-state index contributed by atoms with van der Waals surface area (Å²) in [5.74, 6) is 0.755. The number of aromatic amines is 1. The van der Waals surface area contributed by atoms with Gasteiger partial charge in [-0.15, -0.1) is 16.4 Å². The molecule has 0 saturated heterocycles. The summed E-state index contributed by atoms with van der Waals surface area (Å²) in [6.45, 7) is 4.71. The molecule has 102 valence electrons. The number of nitrogens with one attached hydrogen (secondary N) is 2. The zero-order valence-electron chi connectivity index (χ0n) is 11.2. The smallest absolute Gasteiger partial charge is 0.291 e. The summed E-state index contributed by atoms with van der Waals surface area (Å²) < 4.78 is 0. The minimum Gasteiger partial charge on any atom is -0.344 e. The summed E-state index contributed by atoms with van der Waals surface area (Å²) in [4.78, 5) is 17.3. The molecule has 0 atom stereocenters. The number of aryl methyl sites for hydroxylation is 2. The maximum absolute atomic E-state index is 11.9. The molecule has 0 spiro atoms. The van der Waals surface area contributed by atoms with Crippen LogP contribution in [0.25, 0.3) is 0 Å². The van der Waals surface area contributed by atoms with Crippen LogP contribution >= 0.6 is 11.3 Å². The zero-order valence-corrected chi connectivity index (χ0v) is 12.0. The van der Waals surface area contributed by atoms with Gasteiger partial charge in [0.2, 0.25) is 5.82 Å². The quantitative estimate of drug-likeness (QED) is 0.852. The highest BCUT2D eigenvalue weighted by molar-refractivity contribution is 7.10. The summed E-state index contributed by atoms with van der Waals surface area (Å²) in [5.41, 5.74) is 1.28. The lowest BCUT2D eigenvalue weighted by Gasteiger charge is -2.02. The van der Waals surface area contributed by atoms with Gasteiger partial charge in [0.1, 0.15) is 5.82 Å². The fourth-order valence-corrected chi connectivity index (χ4v) is 2.74. The largest absolute Gasteiger partial charge is 0.344 e. The van der Waals surface area contributed by atoms with Crippen molar-refractivity contribution in [2.24, 2.45) is 0 Å². The van der Waals surface area contributed by atoms with E-state index in [0.29, 0.717) is 6.54 Å². The Labute approximate surface area is 116 Å². The van der Waals surface area contributed by atoms with Crippen molar-refractivity contribution < 1.29 is 4.79 Å². The molecular formula is C13H18N4OS. The van der Waals surface area contributed by atoms with Crippen molar-refractivity contribution in [3.8, 4) is 0 Å². The lowest BCUT2D eigenvalue weighted by molar-refractivity contribution is 0.0941. The maximum atomic E-state index is 11.9. The van der Waals surface area contributed by atoms with E-state index in [4.69, 9.17) is 0 Å². The summed E-state index contributed by atoms with van der Waals surface area (Å²) in [6.07, 6.45) is 2.77. The van der Waals surface area contributed by atoms with Gasteiger partial charge in [-0.2, -0.15) is 0 Å². The van der Waals surface area contributed by atoms with Crippen LogP contribution in [0.1, 0.15) is 47.2 Å². The van der Waals surface area contributed by atoms with E-state index in [9.17, 15) is 4.79 Å². The Kier molecular flexibility index (Phi) is 4.68. The van der Waals surface area contributed by atoms with Gasteiger partial charge in [0.25, 0.3) is 5.91 Å². The number of hydrogen-bond acceptors (Lipinski definition) is 4. The summed E-state index contributed by atoms with van der Waals surface area (Å²) in [7, 11) is 0. The third kappa shape index (κ3) is 3.41. The summed E-state index contributed by atoms with van der Waals surface area (Å²) in [6, 6.07) is 2.10. The number of aromatic nitrogens is 3. The molecule has 2 rings (SSSR count). The lowest BCUT2D eigenvalue weighted by atomic mass is 10.2. The van der Waals surface area contributed by atoms with Gasteiger partial charge < -0.3 is 5.32 Å². The van der Waals surface area contributed by atoms with Gasteiger partial charge in [0.05, 0.1) is 6.54 Å². The van der Waals surface area contributed by atoms with Crippen LogP contribution in [0.5, 0.6) is 0 Å². The number of thiophene rings is 1. The minimum absolute atomic E-state index is 0.220. The third-order valence-corrected chi connectivity index (χ3v) is 3.81. The van der Waals surface area contributed by atoms with E-state index < -0.39 is 0 Å². The van der Waals surface area contributed by atoms with Crippen molar-refractivity contribution in [3.05, 3.63) is 33.5 Å². The Morgan fingerprint density at radius 3 is 3.05 bits per heavy atom. The van der Waals surface area contributed by atoms with Crippen LogP contribution in [0.3, 0.4) is 0 Å². The van der Waals surface area contributed by atoms with E-state index in [1.807, 2.05) is 5.38 Å². The Balaban J connectivity index is 1.93. The molecule has 0 aliphatic heterocycles. The second-order valence-corrected chi connectivity index (χ2v) is 5.26. The number of rotatable bonds is 6. The van der Waals surface area contributed by atoms with Gasteiger partial charge in [0.15, 0.2) is 0 Å². The predicted octanol–water partition coefficient (Wildman–Crippen LogP) is 2.31. The van der Waals surface area contributed by atoms with Crippen LogP contribution in [0.15, 0.2) is 11.4 Å². The Bertz CT molecular complexity index is 546. The second kappa shape index (κ2) is 6.47. The molecule has 2 aromatic heterocycles. The van der Waals surface area contributed by atoms with Gasteiger partial charge in [-0.25, -0.2) is 4.98 Å². The molecule has 2 heterocycles. The highest BCUT2D eigenvalue weighted by atomic mass is 32.1. The Hall–Kier alpha value is -1.69. The van der Waals surface area contributed by atoms with Crippen LogP contribution in [-0.4, -0.2) is 21.1 Å². The lowest BCUT2D eigenvalue weighted by Crippen LogP contribution is -2.24. The van der Waals surface area contributed by atoms with Gasteiger partial charge in [-0.1, -0.05) is 13.8 Å². The number of nitrogens with zero attached hydrogens (tertiary/aromatic N) is 2.